The first kappa shape index (κ1) is 13.2. The maximum Gasteiger partial charge on any atom is 0.258 e. The molecule has 0 atom stereocenters. The van der Waals surface area contributed by atoms with Crippen LogP contribution < -0.4 is 11.1 Å². The molecular weight excluding hydrogens is 276 g/mol. The van der Waals surface area contributed by atoms with Gasteiger partial charge in [0, 0.05) is 6.20 Å². The molecule has 2 rings (SSSR count). The summed E-state index contributed by atoms with van der Waals surface area (Å²) in [6, 6.07) is 5.05. The number of benzene rings is 1. The third kappa shape index (κ3) is 2.63. The van der Waals surface area contributed by atoms with Crippen molar-refractivity contribution in [2.24, 2.45) is 0 Å². The third-order valence-electron chi connectivity index (χ3n) is 2.36. The molecular formula is C12H8ClF2N3O. The number of nitrogens with zero attached hydrogens (tertiary/aromatic N) is 1. The number of pyridine rings is 1. The molecule has 7 heteroatoms. The average molecular weight is 284 g/mol. The van der Waals surface area contributed by atoms with Gasteiger partial charge in [-0.15, -0.1) is 0 Å². The second-order valence-electron chi connectivity index (χ2n) is 3.61. The van der Waals surface area contributed by atoms with E-state index < -0.39 is 23.4 Å². The summed E-state index contributed by atoms with van der Waals surface area (Å²) in [6.45, 7) is 0. The number of amides is 1. The van der Waals surface area contributed by atoms with Crippen LogP contribution in [0.3, 0.4) is 0 Å². The van der Waals surface area contributed by atoms with E-state index in [0.717, 1.165) is 12.1 Å². The van der Waals surface area contributed by atoms with Crippen LogP contribution in [0.4, 0.5) is 20.3 Å². The summed E-state index contributed by atoms with van der Waals surface area (Å²) < 4.78 is 27.1. The first-order chi connectivity index (χ1) is 9.00. The zero-order valence-electron chi connectivity index (χ0n) is 9.45. The molecule has 1 aromatic carbocycles. The summed E-state index contributed by atoms with van der Waals surface area (Å²) in [7, 11) is 0. The number of anilines is 2. The van der Waals surface area contributed by atoms with Crippen LogP contribution in [0.1, 0.15) is 10.4 Å². The van der Waals surface area contributed by atoms with Crippen molar-refractivity contribution in [2.75, 3.05) is 11.1 Å². The number of nitrogens with two attached hydrogens (primary N) is 1. The van der Waals surface area contributed by atoms with E-state index in [0.29, 0.717) is 0 Å². The molecule has 0 aliphatic carbocycles. The number of halogens is 3. The van der Waals surface area contributed by atoms with Gasteiger partial charge in [-0.3, -0.25) is 4.79 Å². The number of nitrogens with one attached hydrogen (secondary N) is 1. The molecule has 0 spiro atoms. The number of carbonyl (C=O) groups excluding carboxylic acids is 1. The summed E-state index contributed by atoms with van der Waals surface area (Å²) in [5.74, 6) is -2.96. The second-order valence-corrected chi connectivity index (χ2v) is 4.02. The number of hydrogen-bond donors (Lipinski definition) is 2. The molecule has 1 heterocycles. The molecule has 19 heavy (non-hydrogen) atoms. The SMILES string of the molecule is Nc1nccc(C(=O)Nc2c(F)cccc2Cl)c1F. The van der Waals surface area contributed by atoms with E-state index in [9.17, 15) is 13.6 Å². The fourth-order valence-electron chi connectivity index (χ4n) is 1.43. The highest BCUT2D eigenvalue weighted by Crippen LogP contribution is 2.25. The van der Waals surface area contributed by atoms with Crippen molar-refractivity contribution < 1.29 is 13.6 Å². The van der Waals surface area contributed by atoms with Crippen molar-refractivity contribution in [2.45, 2.75) is 0 Å². The molecule has 0 unspecified atom stereocenters. The zero-order chi connectivity index (χ0) is 14.0. The van der Waals surface area contributed by atoms with Crippen LogP contribution in [0.15, 0.2) is 30.5 Å². The monoisotopic (exact) mass is 283 g/mol. The molecule has 1 amide bonds. The summed E-state index contributed by atoms with van der Waals surface area (Å²) >= 11 is 5.75. The highest BCUT2D eigenvalue weighted by molar-refractivity contribution is 6.34. The standard InChI is InChI=1S/C12H8ClF2N3O/c13-7-2-1-3-8(14)10(7)18-12(19)6-4-5-17-11(16)9(6)15/h1-5H,(H2,16,17)(H,18,19). The van der Waals surface area contributed by atoms with Gasteiger partial charge in [-0.2, -0.15) is 0 Å². The van der Waals surface area contributed by atoms with Gasteiger partial charge < -0.3 is 11.1 Å². The minimum atomic E-state index is -0.965. The van der Waals surface area contributed by atoms with Gasteiger partial charge in [0.25, 0.3) is 5.91 Å². The Morgan fingerprint density at radius 3 is 2.74 bits per heavy atom. The van der Waals surface area contributed by atoms with Crippen LogP contribution in [0, 0.1) is 11.6 Å². The summed E-state index contributed by atoms with van der Waals surface area (Å²) in [5, 5.41) is 2.20. The Morgan fingerprint density at radius 1 is 1.32 bits per heavy atom. The summed E-state index contributed by atoms with van der Waals surface area (Å²) in [5.41, 5.74) is 4.69. The molecule has 0 radical (unpaired) electrons. The van der Waals surface area contributed by atoms with Crippen molar-refractivity contribution >= 4 is 29.0 Å². The van der Waals surface area contributed by atoms with Crippen molar-refractivity contribution in [3.63, 3.8) is 0 Å². The van der Waals surface area contributed by atoms with Gasteiger partial charge in [0.2, 0.25) is 0 Å². The lowest BCUT2D eigenvalue weighted by molar-refractivity contribution is 0.102. The number of nitrogen functional groups attached to an aromatic ring is 1. The molecule has 0 aliphatic heterocycles. The molecule has 4 nitrogen and oxygen atoms in total. The van der Waals surface area contributed by atoms with Crippen molar-refractivity contribution in [1.29, 1.82) is 0 Å². The first-order valence-corrected chi connectivity index (χ1v) is 5.54. The lowest BCUT2D eigenvalue weighted by atomic mass is 10.2. The number of rotatable bonds is 2. The molecule has 1 aromatic heterocycles. The van der Waals surface area contributed by atoms with Gasteiger partial charge in [0.05, 0.1) is 16.3 Å². The highest BCUT2D eigenvalue weighted by Gasteiger charge is 2.17. The Hall–Kier alpha value is -2.21. The molecule has 0 saturated heterocycles. The Balaban J connectivity index is 2.34. The second kappa shape index (κ2) is 5.19. The molecule has 0 bridgehead atoms. The van der Waals surface area contributed by atoms with Crippen LogP contribution in [0.5, 0.6) is 0 Å². The lowest BCUT2D eigenvalue weighted by Crippen LogP contribution is -2.16. The Bertz CT molecular complexity index is 629. The third-order valence-corrected chi connectivity index (χ3v) is 2.68. The van der Waals surface area contributed by atoms with E-state index in [2.05, 4.69) is 10.3 Å². The largest absolute Gasteiger partial charge is 0.381 e. The number of hydrogen-bond acceptors (Lipinski definition) is 3. The predicted octanol–water partition coefficient (Wildman–Crippen LogP) is 2.85. The summed E-state index contributed by atoms with van der Waals surface area (Å²) in [6.07, 6.45) is 1.18. The van der Waals surface area contributed by atoms with Crippen LogP contribution in [-0.2, 0) is 0 Å². The van der Waals surface area contributed by atoms with Gasteiger partial charge in [0.1, 0.15) is 5.82 Å². The van der Waals surface area contributed by atoms with Crippen LogP contribution in [0.25, 0.3) is 0 Å². The predicted molar refractivity (Wildman–Crippen MR) is 68.0 cm³/mol. The molecule has 0 fully saturated rings. The van der Waals surface area contributed by atoms with E-state index in [1.807, 2.05) is 0 Å². The number of carbonyl (C=O) groups is 1. The molecule has 0 aliphatic rings. The average Bonchev–Trinajstić information content (AvgIpc) is 2.37. The van der Waals surface area contributed by atoms with E-state index in [4.69, 9.17) is 17.3 Å². The smallest absolute Gasteiger partial charge is 0.258 e. The van der Waals surface area contributed by atoms with Gasteiger partial charge in [-0.25, -0.2) is 13.8 Å². The molecule has 2 aromatic rings. The normalized spacial score (nSPS) is 10.3. The Morgan fingerprint density at radius 2 is 2.05 bits per heavy atom. The van der Waals surface area contributed by atoms with E-state index in [-0.39, 0.29) is 16.3 Å². The fourth-order valence-corrected chi connectivity index (χ4v) is 1.64. The van der Waals surface area contributed by atoms with Gasteiger partial charge in [0.15, 0.2) is 11.6 Å². The minimum absolute atomic E-state index is 0.00999. The van der Waals surface area contributed by atoms with E-state index >= 15 is 0 Å². The molecule has 3 N–H and O–H groups in total. The zero-order valence-corrected chi connectivity index (χ0v) is 10.2. The molecule has 98 valence electrons. The maximum absolute atomic E-state index is 13.6. The van der Waals surface area contributed by atoms with Crippen molar-refractivity contribution in [1.82, 2.24) is 4.98 Å². The Labute approximate surface area is 112 Å². The van der Waals surface area contributed by atoms with Gasteiger partial charge in [-0.1, -0.05) is 17.7 Å². The lowest BCUT2D eigenvalue weighted by Gasteiger charge is -2.09. The van der Waals surface area contributed by atoms with Gasteiger partial charge in [-0.05, 0) is 18.2 Å². The topological polar surface area (TPSA) is 68.0 Å². The van der Waals surface area contributed by atoms with Crippen molar-refractivity contribution in [3.8, 4) is 0 Å². The quantitative estimate of drug-likeness (QED) is 0.890. The number of aromatic nitrogens is 1. The molecule has 0 saturated carbocycles. The minimum Gasteiger partial charge on any atom is -0.381 e. The number of para-hydroxylation sites is 1. The van der Waals surface area contributed by atoms with E-state index in [1.54, 1.807) is 0 Å². The maximum atomic E-state index is 13.6. The van der Waals surface area contributed by atoms with Crippen LogP contribution in [-0.4, -0.2) is 10.9 Å². The van der Waals surface area contributed by atoms with E-state index in [1.165, 1.54) is 18.3 Å². The first-order valence-electron chi connectivity index (χ1n) is 5.16. The van der Waals surface area contributed by atoms with Crippen LogP contribution >= 0.6 is 11.6 Å². The van der Waals surface area contributed by atoms with Crippen molar-refractivity contribution in [3.05, 3.63) is 52.7 Å². The fraction of sp³-hybridized carbons (Fsp3) is 0. The van der Waals surface area contributed by atoms with Crippen LogP contribution in [0.2, 0.25) is 5.02 Å². The van der Waals surface area contributed by atoms with Gasteiger partial charge >= 0.3 is 0 Å². The summed E-state index contributed by atoms with van der Waals surface area (Å²) in [4.78, 5) is 15.3. The highest BCUT2D eigenvalue weighted by atomic mass is 35.5. The Kier molecular flexibility index (Phi) is 3.62.